The minimum Gasteiger partial charge on any atom is -0.469 e. The van der Waals surface area contributed by atoms with E-state index in [2.05, 4.69) is 30.7 Å². The number of hydrogen-bond acceptors (Lipinski definition) is 2. The fourth-order valence-corrected chi connectivity index (χ4v) is 1.87. The summed E-state index contributed by atoms with van der Waals surface area (Å²) < 4.78 is 5.43. The van der Waals surface area contributed by atoms with Crippen molar-refractivity contribution in [3.8, 4) is 0 Å². The minimum absolute atomic E-state index is 0.218. The van der Waals surface area contributed by atoms with Crippen molar-refractivity contribution in [1.29, 1.82) is 0 Å². The molecule has 0 spiro atoms. The topological polar surface area (TPSA) is 16.4 Å². The molecule has 88 valence electrons. The molecule has 0 amide bonds. The van der Waals surface area contributed by atoms with E-state index in [0.29, 0.717) is 0 Å². The number of likely N-dealkylation sites (N-methyl/N-ethyl adjacent to an activating group) is 1. The molecule has 1 heterocycles. The number of anilines is 1. The number of nitrogens with zero attached hydrogens (tertiary/aromatic N) is 1. The maximum atomic E-state index is 5.43. The van der Waals surface area contributed by atoms with Crippen LogP contribution in [-0.2, 0) is 0 Å². The van der Waals surface area contributed by atoms with E-state index >= 15 is 0 Å². The summed E-state index contributed by atoms with van der Waals surface area (Å²) in [6, 6.07) is 14.2. The summed E-state index contributed by atoms with van der Waals surface area (Å²) in [7, 11) is 2.08. The molecule has 1 atom stereocenters. The van der Waals surface area contributed by atoms with Crippen LogP contribution in [0.15, 0.2) is 65.8 Å². The van der Waals surface area contributed by atoms with Gasteiger partial charge in [0.2, 0.25) is 0 Å². The summed E-state index contributed by atoms with van der Waals surface area (Å²) in [5.74, 6) is 1.18. The fourth-order valence-electron chi connectivity index (χ4n) is 1.87. The Morgan fingerprint density at radius 3 is 2.59 bits per heavy atom. The number of para-hydroxylation sites is 1. The molecule has 2 nitrogen and oxygen atoms in total. The highest BCUT2D eigenvalue weighted by Gasteiger charge is 2.13. The second-order valence-electron chi connectivity index (χ2n) is 4.07. The molecule has 2 heteroatoms. The third kappa shape index (κ3) is 2.78. The van der Waals surface area contributed by atoms with Crippen LogP contribution in [0.2, 0.25) is 0 Å². The molecule has 0 fully saturated rings. The zero-order valence-electron chi connectivity index (χ0n) is 10.0. The van der Waals surface area contributed by atoms with Gasteiger partial charge in [-0.05, 0) is 24.3 Å². The van der Waals surface area contributed by atoms with Crippen LogP contribution in [0.4, 0.5) is 5.69 Å². The SMILES string of the molecule is C=C[C@@H](CN(C)c1ccccc1)c1ccco1. The molecule has 1 aromatic carbocycles. The lowest BCUT2D eigenvalue weighted by Crippen LogP contribution is -2.23. The Hall–Kier alpha value is -1.96. The zero-order valence-corrected chi connectivity index (χ0v) is 10.0. The Bertz CT molecular complexity index is 447. The highest BCUT2D eigenvalue weighted by molar-refractivity contribution is 5.45. The van der Waals surface area contributed by atoms with Crippen molar-refractivity contribution < 1.29 is 4.42 Å². The molecule has 0 saturated carbocycles. The first-order valence-electron chi connectivity index (χ1n) is 5.73. The molecule has 0 unspecified atom stereocenters. The van der Waals surface area contributed by atoms with Gasteiger partial charge >= 0.3 is 0 Å². The van der Waals surface area contributed by atoms with E-state index in [-0.39, 0.29) is 5.92 Å². The molecular weight excluding hydrogens is 210 g/mol. The number of rotatable bonds is 5. The third-order valence-electron chi connectivity index (χ3n) is 2.86. The van der Waals surface area contributed by atoms with Crippen LogP contribution in [0.25, 0.3) is 0 Å². The van der Waals surface area contributed by atoms with E-state index in [1.165, 1.54) is 5.69 Å². The van der Waals surface area contributed by atoms with Gasteiger partial charge in [0.05, 0.1) is 12.2 Å². The van der Waals surface area contributed by atoms with Crippen molar-refractivity contribution in [1.82, 2.24) is 0 Å². The second kappa shape index (κ2) is 5.39. The van der Waals surface area contributed by atoms with E-state index in [9.17, 15) is 0 Å². The van der Waals surface area contributed by atoms with Gasteiger partial charge in [-0.25, -0.2) is 0 Å². The quantitative estimate of drug-likeness (QED) is 0.724. The summed E-state index contributed by atoms with van der Waals surface area (Å²) in [4.78, 5) is 2.20. The number of furan rings is 1. The largest absolute Gasteiger partial charge is 0.469 e. The van der Waals surface area contributed by atoms with Crippen LogP contribution in [0, 0.1) is 0 Å². The van der Waals surface area contributed by atoms with Gasteiger partial charge in [0.1, 0.15) is 5.76 Å². The average molecular weight is 227 g/mol. The molecule has 17 heavy (non-hydrogen) atoms. The van der Waals surface area contributed by atoms with Crippen molar-refractivity contribution in [3.63, 3.8) is 0 Å². The Balaban J connectivity index is 2.07. The van der Waals surface area contributed by atoms with Crippen LogP contribution < -0.4 is 4.90 Å². The van der Waals surface area contributed by atoms with Crippen molar-refractivity contribution >= 4 is 5.69 Å². The molecule has 0 aliphatic rings. The predicted octanol–water partition coefficient (Wildman–Crippen LogP) is 3.69. The lowest BCUT2D eigenvalue weighted by Gasteiger charge is -2.22. The van der Waals surface area contributed by atoms with Gasteiger partial charge in [-0.15, -0.1) is 6.58 Å². The van der Waals surface area contributed by atoms with Gasteiger partial charge in [0, 0.05) is 19.3 Å². The van der Waals surface area contributed by atoms with Crippen molar-refractivity contribution in [2.45, 2.75) is 5.92 Å². The van der Waals surface area contributed by atoms with Gasteiger partial charge in [0.25, 0.3) is 0 Å². The molecule has 0 N–H and O–H groups in total. The molecule has 0 radical (unpaired) electrons. The van der Waals surface area contributed by atoms with E-state index in [1.807, 2.05) is 36.4 Å². The molecule has 2 rings (SSSR count). The Morgan fingerprint density at radius 1 is 1.24 bits per heavy atom. The number of hydrogen-bond donors (Lipinski definition) is 0. The average Bonchev–Trinajstić information content (AvgIpc) is 2.90. The third-order valence-corrected chi connectivity index (χ3v) is 2.86. The summed E-state index contributed by atoms with van der Waals surface area (Å²) in [5, 5.41) is 0. The Labute approximate surface area is 102 Å². The lowest BCUT2D eigenvalue weighted by atomic mass is 10.1. The van der Waals surface area contributed by atoms with E-state index in [1.54, 1.807) is 6.26 Å². The van der Waals surface area contributed by atoms with E-state index in [0.717, 1.165) is 12.3 Å². The first-order chi connectivity index (χ1) is 8.31. The van der Waals surface area contributed by atoms with Gasteiger partial charge in [-0.1, -0.05) is 24.3 Å². The maximum absolute atomic E-state index is 5.43. The standard InChI is InChI=1S/C15H17NO/c1-3-13(15-10-7-11-17-15)12-16(2)14-8-5-4-6-9-14/h3-11,13H,1,12H2,2H3/t13-/m0/s1. The maximum Gasteiger partial charge on any atom is 0.112 e. The summed E-state index contributed by atoms with van der Waals surface area (Å²) >= 11 is 0. The molecule has 0 bridgehead atoms. The van der Waals surface area contributed by atoms with Crippen molar-refractivity contribution in [2.24, 2.45) is 0 Å². The summed E-state index contributed by atoms with van der Waals surface area (Å²) in [6.07, 6.45) is 3.63. The molecule has 0 aliphatic carbocycles. The first-order valence-corrected chi connectivity index (χ1v) is 5.73. The monoisotopic (exact) mass is 227 g/mol. The second-order valence-corrected chi connectivity index (χ2v) is 4.07. The Morgan fingerprint density at radius 2 is 2.00 bits per heavy atom. The molecule has 0 saturated heterocycles. The lowest BCUT2D eigenvalue weighted by molar-refractivity contribution is 0.489. The van der Waals surface area contributed by atoms with Gasteiger partial charge in [-0.3, -0.25) is 0 Å². The highest BCUT2D eigenvalue weighted by Crippen LogP contribution is 2.21. The smallest absolute Gasteiger partial charge is 0.112 e. The van der Waals surface area contributed by atoms with Crippen LogP contribution in [0.3, 0.4) is 0 Å². The highest BCUT2D eigenvalue weighted by atomic mass is 16.3. The Kier molecular flexibility index (Phi) is 3.66. The van der Waals surface area contributed by atoms with Gasteiger partial charge in [-0.2, -0.15) is 0 Å². The molecule has 2 aromatic rings. The number of benzene rings is 1. The summed E-state index contributed by atoms with van der Waals surface area (Å²) in [5.41, 5.74) is 1.20. The van der Waals surface area contributed by atoms with Crippen molar-refractivity contribution in [2.75, 3.05) is 18.5 Å². The van der Waals surface area contributed by atoms with E-state index in [4.69, 9.17) is 4.42 Å². The fraction of sp³-hybridized carbons (Fsp3) is 0.200. The zero-order chi connectivity index (χ0) is 12.1. The van der Waals surface area contributed by atoms with Crippen LogP contribution in [-0.4, -0.2) is 13.6 Å². The van der Waals surface area contributed by atoms with Crippen LogP contribution in [0.5, 0.6) is 0 Å². The van der Waals surface area contributed by atoms with Crippen molar-refractivity contribution in [3.05, 3.63) is 67.1 Å². The molecule has 0 aliphatic heterocycles. The van der Waals surface area contributed by atoms with Gasteiger partial charge < -0.3 is 9.32 Å². The predicted molar refractivity (Wildman–Crippen MR) is 71.4 cm³/mol. The van der Waals surface area contributed by atoms with Crippen LogP contribution in [0.1, 0.15) is 11.7 Å². The van der Waals surface area contributed by atoms with E-state index < -0.39 is 0 Å². The molecular formula is C15H17NO. The van der Waals surface area contributed by atoms with Gasteiger partial charge in [0.15, 0.2) is 0 Å². The normalized spacial score (nSPS) is 12.1. The van der Waals surface area contributed by atoms with Crippen LogP contribution >= 0.6 is 0 Å². The molecule has 1 aromatic heterocycles. The summed E-state index contributed by atoms with van der Waals surface area (Å²) in [6.45, 7) is 4.74. The first kappa shape index (κ1) is 11.5. The minimum atomic E-state index is 0.218.